The predicted octanol–water partition coefficient (Wildman–Crippen LogP) is 4.07. The minimum absolute atomic E-state index is 0.00896. The van der Waals surface area contributed by atoms with Crippen LogP contribution in [-0.2, 0) is 14.8 Å². The number of morpholine rings is 1. The van der Waals surface area contributed by atoms with E-state index in [1.54, 1.807) is 12.1 Å². The smallest absolute Gasteiger partial charge is 0.256 e. The summed E-state index contributed by atoms with van der Waals surface area (Å²) in [6.07, 6.45) is 2.18. The molecule has 9 heteroatoms. The second kappa shape index (κ2) is 8.53. The Bertz CT molecular complexity index is 1350. The first kappa shape index (κ1) is 23.1. The minimum Gasteiger partial charge on any atom is -0.371 e. The van der Waals surface area contributed by atoms with Crippen molar-refractivity contribution in [1.29, 1.82) is 0 Å². The van der Waals surface area contributed by atoms with Crippen LogP contribution in [0.3, 0.4) is 0 Å². The van der Waals surface area contributed by atoms with Gasteiger partial charge in [-0.25, -0.2) is 13.6 Å². The molecule has 2 aliphatic rings. The van der Waals surface area contributed by atoms with Gasteiger partial charge in [0.15, 0.2) is 0 Å². The zero-order valence-corrected chi connectivity index (χ0v) is 20.6. The summed E-state index contributed by atoms with van der Waals surface area (Å²) in [5.74, 6) is -0.00896. The van der Waals surface area contributed by atoms with Crippen molar-refractivity contribution in [3.8, 4) is 16.9 Å². The lowest BCUT2D eigenvalue weighted by molar-refractivity contribution is -0.0304. The van der Waals surface area contributed by atoms with Gasteiger partial charge in [0.2, 0.25) is 10.0 Å². The second-order valence-electron chi connectivity index (χ2n) is 8.98. The summed E-state index contributed by atoms with van der Waals surface area (Å²) < 4.78 is 31.4. The van der Waals surface area contributed by atoms with Crippen molar-refractivity contribution in [2.45, 2.75) is 43.8 Å². The molecule has 2 unspecified atom stereocenters. The molecule has 2 atom stereocenters. The Balaban J connectivity index is 1.65. The fourth-order valence-corrected chi connectivity index (χ4v) is 5.79. The fourth-order valence-electron chi connectivity index (χ4n) is 5.15. The van der Waals surface area contributed by atoms with Gasteiger partial charge in [-0.05, 0) is 74.2 Å². The lowest BCUT2D eigenvalue weighted by Gasteiger charge is -2.32. The van der Waals surface area contributed by atoms with Crippen LogP contribution in [0.15, 0.2) is 53.4 Å². The molecule has 0 aliphatic carbocycles. The molecule has 2 fully saturated rings. The Morgan fingerprint density at radius 3 is 2.15 bits per heavy atom. The number of amides is 1. The molecule has 7 nitrogen and oxygen atoms in total. The number of halogens is 1. The van der Waals surface area contributed by atoms with Gasteiger partial charge in [0.05, 0.1) is 28.4 Å². The first-order valence-electron chi connectivity index (χ1n) is 11.2. The number of ether oxygens (including phenoxy) is 1. The normalized spacial score (nSPS) is 20.1. The van der Waals surface area contributed by atoms with E-state index in [-0.39, 0.29) is 23.0 Å². The molecule has 178 valence electrons. The zero-order valence-electron chi connectivity index (χ0n) is 19.0. The van der Waals surface area contributed by atoms with E-state index in [1.807, 2.05) is 47.6 Å². The minimum atomic E-state index is -3.81. The van der Waals surface area contributed by atoms with Crippen LogP contribution in [0.4, 0.5) is 0 Å². The highest BCUT2D eigenvalue weighted by molar-refractivity contribution is 7.89. The molecule has 5 rings (SSSR count). The van der Waals surface area contributed by atoms with Crippen LogP contribution in [0.25, 0.3) is 16.9 Å². The molecule has 0 saturated carbocycles. The van der Waals surface area contributed by atoms with E-state index in [9.17, 15) is 13.2 Å². The van der Waals surface area contributed by atoms with Gasteiger partial charge in [-0.3, -0.25) is 4.79 Å². The SMILES string of the molecule is Cc1c(C(=O)N2CC3CCC(C2)O3)c(C)n(-c2ccc(S(N)(=O)=O)cc2)c1-c1ccc(Cl)cc1. The van der Waals surface area contributed by atoms with Crippen LogP contribution in [0.1, 0.15) is 34.5 Å². The number of benzene rings is 2. The summed E-state index contributed by atoms with van der Waals surface area (Å²) in [6, 6.07) is 13.8. The molecule has 3 aromatic rings. The summed E-state index contributed by atoms with van der Waals surface area (Å²) in [6.45, 7) is 5.06. The Morgan fingerprint density at radius 2 is 1.59 bits per heavy atom. The maximum absolute atomic E-state index is 13.8. The Kier molecular flexibility index (Phi) is 5.80. The highest BCUT2D eigenvalue weighted by Gasteiger charge is 2.37. The van der Waals surface area contributed by atoms with Crippen molar-refractivity contribution < 1.29 is 17.9 Å². The molecule has 34 heavy (non-hydrogen) atoms. The van der Waals surface area contributed by atoms with E-state index in [0.29, 0.717) is 23.7 Å². The van der Waals surface area contributed by atoms with E-state index in [0.717, 1.165) is 41.0 Å². The number of primary sulfonamides is 1. The average Bonchev–Trinajstić information content (AvgIpc) is 3.27. The van der Waals surface area contributed by atoms with Gasteiger partial charge in [0, 0.05) is 29.5 Å². The number of aromatic nitrogens is 1. The second-order valence-corrected chi connectivity index (χ2v) is 11.0. The number of carbonyl (C=O) groups excluding carboxylic acids is 1. The topological polar surface area (TPSA) is 94.6 Å². The van der Waals surface area contributed by atoms with Gasteiger partial charge >= 0.3 is 0 Å². The maximum atomic E-state index is 13.8. The average molecular weight is 500 g/mol. The molecule has 1 amide bonds. The van der Waals surface area contributed by atoms with Crippen LogP contribution in [0.5, 0.6) is 0 Å². The van der Waals surface area contributed by atoms with Crippen LogP contribution in [-0.4, -0.2) is 49.1 Å². The van der Waals surface area contributed by atoms with Gasteiger partial charge in [0.25, 0.3) is 5.91 Å². The number of fused-ring (bicyclic) bond motifs is 2. The number of nitrogens with zero attached hydrogens (tertiary/aromatic N) is 2. The number of likely N-dealkylation sites (tertiary alicyclic amines) is 1. The largest absolute Gasteiger partial charge is 0.371 e. The third-order valence-corrected chi connectivity index (χ3v) is 7.92. The summed E-state index contributed by atoms with van der Waals surface area (Å²) in [4.78, 5) is 15.7. The molecule has 3 heterocycles. The standard InChI is InChI=1S/C25H26ClN3O4S/c1-15-23(25(30)28-13-20-9-10-21(14-28)33-20)16(2)29(24(15)17-3-5-18(26)6-4-17)19-7-11-22(12-8-19)34(27,31)32/h3-8,11-12,20-21H,9-10,13-14H2,1-2H3,(H2,27,31,32). The van der Waals surface area contributed by atoms with Crippen molar-refractivity contribution in [2.24, 2.45) is 5.14 Å². The number of carbonyl (C=O) groups is 1. The first-order chi connectivity index (χ1) is 16.1. The highest BCUT2D eigenvalue weighted by atomic mass is 35.5. The van der Waals surface area contributed by atoms with Crippen molar-refractivity contribution in [3.05, 3.63) is 70.4 Å². The quantitative estimate of drug-likeness (QED) is 0.585. The molecule has 2 bridgehead atoms. The van der Waals surface area contributed by atoms with E-state index in [1.165, 1.54) is 12.1 Å². The molecule has 2 aromatic carbocycles. The first-order valence-corrected chi connectivity index (χ1v) is 13.1. The predicted molar refractivity (Wildman–Crippen MR) is 131 cm³/mol. The monoisotopic (exact) mass is 499 g/mol. The van der Waals surface area contributed by atoms with Crippen LogP contribution < -0.4 is 5.14 Å². The molecule has 0 spiro atoms. The third-order valence-electron chi connectivity index (χ3n) is 6.74. The highest BCUT2D eigenvalue weighted by Crippen LogP contribution is 2.36. The molecule has 2 saturated heterocycles. The Labute approximate surface area is 204 Å². The van der Waals surface area contributed by atoms with E-state index in [2.05, 4.69) is 0 Å². The number of hydrogen-bond donors (Lipinski definition) is 1. The molecule has 2 N–H and O–H groups in total. The van der Waals surface area contributed by atoms with Crippen LogP contribution in [0, 0.1) is 13.8 Å². The van der Waals surface area contributed by atoms with Gasteiger partial charge in [-0.2, -0.15) is 0 Å². The molecule has 1 aromatic heterocycles. The van der Waals surface area contributed by atoms with Gasteiger partial charge in [-0.1, -0.05) is 23.7 Å². The number of hydrogen-bond acceptors (Lipinski definition) is 4. The number of rotatable bonds is 4. The lowest BCUT2D eigenvalue weighted by atomic mass is 10.0. The third kappa shape index (κ3) is 4.05. The van der Waals surface area contributed by atoms with Crippen LogP contribution >= 0.6 is 11.6 Å². The molecular weight excluding hydrogens is 474 g/mol. The summed E-state index contributed by atoms with van der Waals surface area (Å²) in [5.41, 5.74) is 4.80. The maximum Gasteiger partial charge on any atom is 0.256 e. The summed E-state index contributed by atoms with van der Waals surface area (Å²) >= 11 is 6.13. The summed E-state index contributed by atoms with van der Waals surface area (Å²) in [7, 11) is -3.81. The molecule has 2 aliphatic heterocycles. The van der Waals surface area contributed by atoms with Crippen molar-refractivity contribution in [1.82, 2.24) is 9.47 Å². The zero-order chi connectivity index (χ0) is 24.2. The van der Waals surface area contributed by atoms with Crippen LogP contribution in [0.2, 0.25) is 5.02 Å². The van der Waals surface area contributed by atoms with Crippen molar-refractivity contribution in [3.63, 3.8) is 0 Å². The van der Waals surface area contributed by atoms with Crippen molar-refractivity contribution >= 4 is 27.5 Å². The molecular formula is C25H26ClN3O4S. The van der Waals surface area contributed by atoms with E-state index >= 15 is 0 Å². The molecule has 0 radical (unpaired) electrons. The van der Waals surface area contributed by atoms with Gasteiger partial charge in [0.1, 0.15) is 0 Å². The van der Waals surface area contributed by atoms with Gasteiger partial charge < -0.3 is 14.2 Å². The van der Waals surface area contributed by atoms with E-state index < -0.39 is 10.0 Å². The van der Waals surface area contributed by atoms with Crippen molar-refractivity contribution in [2.75, 3.05) is 13.1 Å². The number of nitrogens with two attached hydrogens (primary N) is 1. The lowest BCUT2D eigenvalue weighted by Crippen LogP contribution is -2.46. The Morgan fingerprint density at radius 1 is 1.00 bits per heavy atom. The fraction of sp³-hybridized carbons (Fsp3) is 0.320. The van der Waals surface area contributed by atoms with E-state index in [4.69, 9.17) is 21.5 Å². The Hall–Kier alpha value is -2.65. The summed E-state index contributed by atoms with van der Waals surface area (Å²) in [5, 5.41) is 5.90. The number of sulfonamides is 1. The van der Waals surface area contributed by atoms with Gasteiger partial charge in [-0.15, -0.1) is 0 Å².